The molecular weight excluding hydrogens is 441 g/mol. The smallest absolute Gasteiger partial charge is 0.193 e. The van der Waals surface area contributed by atoms with Crippen LogP contribution in [0.4, 0.5) is 0 Å². The molecule has 1 atom stereocenters. The van der Waals surface area contributed by atoms with Crippen molar-refractivity contribution in [3.63, 3.8) is 0 Å². The Morgan fingerprint density at radius 2 is 2.08 bits per heavy atom. The van der Waals surface area contributed by atoms with Crippen molar-refractivity contribution >= 4 is 29.9 Å². The summed E-state index contributed by atoms with van der Waals surface area (Å²) >= 11 is 0. The molecule has 1 spiro atoms. The van der Waals surface area contributed by atoms with Crippen molar-refractivity contribution in [2.24, 2.45) is 16.3 Å². The zero-order valence-electron chi connectivity index (χ0n) is 16.2. The lowest BCUT2D eigenvalue weighted by Crippen LogP contribution is -2.41. The van der Waals surface area contributed by atoms with Crippen molar-refractivity contribution in [3.05, 3.63) is 29.8 Å². The maximum absolute atomic E-state index is 5.74. The molecule has 2 aliphatic heterocycles. The summed E-state index contributed by atoms with van der Waals surface area (Å²) in [6.07, 6.45) is 2.38. The Morgan fingerprint density at radius 3 is 2.69 bits per heavy atom. The summed E-state index contributed by atoms with van der Waals surface area (Å²) in [5, 5.41) is 3.50. The molecule has 3 rings (SSSR count). The first-order valence-electron chi connectivity index (χ1n) is 9.35. The summed E-state index contributed by atoms with van der Waals surface area (Å²) < 4.78 is 11.4. The first-order chi connectivity index (χ1) is 12.1. The highest BCUT2D eigenvalue weighted by Crippen LogP contribution is 2.38. The SMILES string of the molecule is CN=C(NCc1ccc(OCC(C)C)cc1)N1CCC2(CCOC2)C1.I. The third-order valence-electron chi connectivity index (χ3n) is 5.09. The van der Waals surface area contributed by atoms with Crippen LogP contribution >= 0.6 is 24.0 Å². The van der Waals surface area contributed by atoms with E-state index < -0.39 is 0 Å². The Balaban J connectivity index is 0.00000243. The van der Waals surface area contributed by atoms with Crippen LogP contribution in [0.15, 0.2) is 29.3 Å². The van der Waals surface area contributed by atoms with Gasteiger partial charge in [-0.2, -0.15) is 0 Å². The van der Waals surface area contributed by atoms with E-state index in [2.05, 4.69) is 41.2 Å². The Labute approximate surface area is 174 Å². The lowest BCUT2D eigenvalue weighted by Gasteiger charge is -2.25. The summed E-state index contributed by atoms with van der Waals surface area (Å²) in [5.41, 5.74) is 1.59. The first kappa shape index (κ1) is 21.3. The van der Waals surface area contributed by atoms with E-state index in [-0.39, 0.29) is 24.0 Å². The predicted molar refractivity (Wildman–Crippen MR) is 116 cm³/mol. The van der Waals surface area contributed by atoms with Crippen LogP contribution in [-0.4, -0.2) is 50.8 Å². The van der Waals surface area contributed by atoms with Gasteiger partial charge in [0.2, 0.25) is 0 Å². The lowest BCUT2D eigenvalue weighted by atomic mass is 9.87. The van der Waals surface area contributed by atoms with Gasteiger partial charge in [-0.15, -0.1) is 24.0 Å². The normalized spacial score (nSPS) is 22.8. The molecule has 5 nitrogen and oxygen atoms in total. The van der Waals surface area contributed by atoms with E-state index in [9.17, 15) is 0 Å². The van der Waals surface area contributed by atoms with Gasteiger partial charge in [-0.25, -0.2) is 0 Å². The molecule has 0 radical (unpaired) electrons. The minimum Gasteiger partial charge on any atom is -0.493 e. The molecule has 0 aliphatic carbocycles. The third kappa shape index (κ3) is 5.49. The molecule has 2 saturated heterocycles. The maximum Gasteiger partial charge on any atom is 0.193 e. The van der Waals surface area contributed by atoms with Gasteiger partial charge in [0.1, 0.15) is 5.75 Å². The third-order valence-corrected chi connectivity index (χ3v) is 5.09. The first-order valence-corrected chi connectivity index (χ1v) is 9.35. The fraction of sp³-hybridized carbons (Fsp3) is 0.650. The minimum atomic E-state index is 0. The number of nitrogens with one attached hydrogen (secondary N) is 1. The van der Waals surface area contributed by atoms with E-state index in [1.165, 1.54) is 18.4 Å². The zero-order chi connectivity index (χ0) is 17.7. The van der Waals surface area contributed by atoms with Crippen molar-refractivity contribution < 1.29 is 9.47 Å². The summed E-state index contributed by atoms with van der Waals surface area (Å²) in [5.74, 6) is 2.46. The highest BCUT2D eigenvalue weighted by Gasteiger charge is 2.42. The van der Waals surface area contributed by atoms with Crippen LogP contribution in [0.3, 0.4) is 0 Å². The highest BCUT2D eigenvalue weighted by molar-refractivity contribution is 14.0. The lowest BCUT2D eigenvalue weighted by molar-refractivity contribution is 0.156. The van der Waals surface area contributed by atoms with Gasteiger partial charge in [0.25, 0.3) is 0 Å². The van der Waals surface area contributed by atoms with Crippen LogP contribution in [0.5, 0.6) is 5.75 Å². The van der Waals surface area contributed by atoms with Crippen molar-refractivity contribution in [2.45, 2.75) is 33.2 Å². The van der Waals surface area contributed by atoms with E-state index >= 15 is 0 Å². The second-order valence-corrected chi connectivity index (χ2v) is 7.72. The Bertz CT molecular complexity index is 583. The molecular formula is C20H32IN3O2. The van der Waals surface area contributed by atoms with Crippen LogP contribution in [0, 0.1) is 11.3 Å². The number of guanidine groups is 1. The van der Waals surface area contributed by atoms with E-state index in [0.29, 0.717) is 11.3 Å². The maximum atomic E-state index is 5.74. The van der Waals surface area contributed by atoms with Gasteiger partial charge in [0, 0.05) is 38.7 Å². The Kier molecular flexibility index (Phi) is 8.01. The van der Waals surface area contributed by atoms with Crippen molar-refractivity contribution in [3.8, 4) is 5.75 Å². The molecule has 0 amide bonds. The Hall–Kier alpha value is -1.02. The van der Waals surface area contributed by atoms with E-state index in [0.717, 1.165) is 51.2 Å². The average molecular weight is 473 g/mol. The molecule has 6 heteroatoms. The van der Waals surface area contributed by atoms with Gasteiger partial charge in [-0.05, 0) is 36.5 Å². The molecule has 1 N–H and O–H groups in total. The monoisotopic (exact) mass is 473 g/mol. The molecule has 0 bridgehead atoms. The second-order valence-electron chi connectivity index (χ2n) is 7.72. The molecule has 1 unspecified atom stereocenters. The van der Waals surface area contributed by atoms with Gasteiger partial charge >= 0.3 is 0 Å². The summed E-state index contributed by atoms with van der Waals surface area (Å²) in [7, 11) is 1.86. The summed E-state index contributed by atoms with van der Waals surface area (Å²) in [6.45, 7) is 9.76. The van der Waals surface area contributed by atoms with Gasteiger partial charge in [0.15, 0.2) is 5.96 Å². The predicted octanol–water partition coefficient (Wildman–Crippen LogP) is 3.53. The molecule has 2 aliphatic rings. The highest BCUT2D eigenvalue weighted by atomic mass is 127. The zero-order valence-corrected chi connectivity index (χ0v) is 18.5. The van der Waals surface area contributed by atoms with Crippen LogP contribution in [0.2, 0.25) is 0 Å². The molecule has 1 aromatic rings. The number of hydrogen-bond acceptors (Lipinski definition) is 3. The Morgan fingerprint density at radius 1 is 1.31 bits per heavy atom. The van der Waals surface area contributed by atoms with E-state index in [4.69, 9.17) is 9.47 Å². The molecule has 26 heavy (non-hydrogen) atoms. The van der Waals surface area contributed by atoms with Gasteiger partial charge in [-0.3, -0.25) is 4.99 Å². The van der Waals surface area contributed by atoms with Crippen LogP contribution < -0.4 is 10.1 Å². The van der Waals surface area contributed by atoms with Gasteiger partial charge in [0.05, 0.1) is 13.2 Å². The number of rotatable bonds is 5. The van der Waals surface area contributed by atoms with Gasteiger partial charge in [-0.1, -0.05) is 26.0 Å². The van der Waals surface area contributed by atoms with Crippen molar-refractivity contribution in [2.75, 3.05) is 40.0 Å². The summed E-state index contributed by atoms with van der Waals surface area (Å²) in [4.78, 5) is 6.84. The number of likely N-dealkylation sites (tertiary alicyclic amines) is 1. The molecule has 146 valence electrons. The number of halogens is 1. The largest absolute Gasteiger partial charge is 0.493 e. The van der Waals surface area contributed by atoms with Crippen LogP contribution in [-0.2, 0) is 11.3 Å². The number of nitrogens with zero attached hydrogens (tertiary/aromatic N) is 2. The van der Waals surface area contributed by atoms with E-state index in [1.807, 2.05) is 19.2 Å². The average Bonchev–Trinajstić information content (AvgIpc) is 3.25. The molecule has 1 aromatic carbocycles. The summed E-state index contributed by atoms with van der Waals surface area (Å²) in [6, 6.07) is 8.32. The standard InChI is InChI=1S/C20H31N3O2.HI/c1-16(2)13-25-18-6-4-17(5-7-18)12-22-19(21-3)23-10-8-20(14-23)9-11-24-15-20;/h4-7,16H,8-15H2,1-3H3,(H,21,22);1H. The topological polar surface area (TPSA) is 46.1 Å². The van der Waals surface area contributed by atoms with Gasteiger partial charge < -0.3 is 19.7 Å². The quantitative estimate of drug-likeness (QED) is 0.404. The fourth-order valence-corrected chi connectivity index (χ4v) is 3.57. The number of benzene rings is 1. The van der Waals surface area contributed by atoms with Crippen LogP contribution in [0.25, 0.3) is 0 Å². The van der Waals surface area contributed by atoms with Crippen molar-refractivity contribution in [1.82, 2.24) is 10.2 Å². The fourth-order valence-electron chi connectivity index (χ4n) is 3.57. The van der Waals surface area contributed by atoms with Crippen LogP contribution in [0.1, 0.15) is 32.3 Å². The molecule has 2 heterocycles. The van der Waals surface area contributed by atoms with E-state index in [1.54, 1.807) is 0 Å². The molecule has 0 saturated carbocycles. The van der Waals surface area contributed by atoms with Crippen molar-refractivity contribution in [1.29, 1.82) is 0 Å². The number of ether oxygens (including phenoxy) is 2. The second kappa shape index (κ2) is 9.78. The number of hydrogen-bond donors (Lipinski definition) is 1. The minimum absolute atomic E-state index is 0. The molecule has 2 fully saturated rings. The number of aliphatic imine (C=N–C) groups is 1. The molecule has 0 aromatic heterocycles.